The highest BCUT2D eigenvalue weighted by molar-refractivity contribution is 6.30. The first-order chi connectivity index (χ1) is 11.6. The van der Waals surface area contributed by atoms with Crippen molar-refractivity contribution in [3.05, 3.63) is 64.6 Å². The minimum Gasteiger partial charge on any atom is -0.467 e. The first-order valence-corrected chi connectivity index (χ1v) is 7.30. The Hall–Kier alpha value is -3.04. The van der Waals surface area contributed by atoms with Gasteiger partial charge in [-0.2, -0.15) is 5.26 Å². The smallest absolute Gasteiger partial charge is 0.349 e. The van der Waals surface area contributed by atoms with E-state index in [4.69, 9.17) is 26.0 Å². The molecule has 0 radical (unpaired) electrons. The van der Waals surface area contributed by atoms with Crippen molar-refractivity contribution in [2.75, 3.05) is 6.61 Å². The number of carbonyl (C=O) groups excluding carboxylic acids is 2. The summed E-state index contributed by atoms with van der Waals surface area (Å²) in [5, 5.41) is 12.1. The van der Waals surface area contributed by atoms with Gasteiger partial charge in [0.25, 0.3) is 5.91 Å². The van der Waals surface area contributed by atoms with Crippen molar-refractivity contribution in [3.8, 4) is 6.07 Å². The van der Waals surface area contributed by atoms with Crippen LogP contribution in [0.1, 0.15) is 11.3 Å². The predicted octanol–water partition coefficient (Wildman–Crippen LogP) is 2.70. The van der Waals surface area contributed by atoms with Gasteiger partial charge in [0.05, 0.1) is 12.8 Å². The Morgan fingerprint density at radius 2 is 2.04 bits per heavy atom. The van der Waals surface area contributed by atoms with E-state index in [1.54, 1.807) is 42.5 Å². The highest BCUT2D eigenvalue weighted by atomic mass is 35.5. The molecule has 0 aliphatic carbocycles. The van der Waals surface area contributed by atoms with Crippen molar-refractivity contribution in [1.29, 1.82) is 5.26 Å². The van der Waals surface area contributed by atoms with E-state index in [1.165, 1.54) is 12.3 Å². The second-order valence-electron chi connectivity index (χ2n) is 4.65. The van der Waals surface area contributed by atoms with Crippen molar-refractivity contribution in [2.24, 2.45) is 0 Å². The quantitative estimate of drug-likeness (QED) is 0.494. The van der Waals surface area contributed by atoms with Crippen LogP contribution in [0.25, 0.3) is 6.08 Å². The van der Waals surface area contributed by atoms with Gasteiger partial charge in [0, 0.05) is 5.02 Å². The molecule has 6 nitrogen and oxygen atoms in total. The average Bonchev–Trinajstić information content (AvgIpc) is 3.11. The maximum Gasteiger partial charge on any atom is 0.349 e. The summed E-state index contributed by atoms with van der Waals surface area (Å²) in [5.74, 6) is -0.792. The van der Waals surface area contributed by atoms with Gasteiger partial charge in [0.15, 0.2) is 6.61 Å². The molecule has 0 aliphatic rings. The van der Waals surface area contributed by atoms with Crippen LogP contribution in [0.15, 0.2) is 52.7 Å². The molecule has 1 N–H and O–H groups in total. The third-order valence-corrected chi connectivity index (χ3v) is 3.15. The van der Waals surface area contributed by atoms with Crippen LogP contribution in [-0.2, 0) is 20.9 Å². The highest BCUT2D eigenvalue weighted by Crippen LogP contribution is 2.13. The predicted molar refractivity (Wildman–Crippen MR) is 86.6 cm³/mol. The molecule has 1 amide bonds. The molecule has 0 saturated heterocycles. The van der Waals surface area contributed by atoms with Crippen LogP contribution in [0, 0.1) is 11.3 Å². The topological polar surface area (TPSA) is 92.3 Å². The van der Waals surface area contributed by atoms with E-state index in [-0.39, 0.29) is 12.1 Å². The summed E-state index contributed by atoms with van der Waals surface area (Å²) < 4.78 is 9.88. The number of hydrogen-bond acceptors (Lipinski definition) is 5. The van der Waals surface area contributed by atoms with Crippen LogP contribution < -0.4 is 5.32 Å². The lowest BCUT2D eigenvalue weighted by atomic mass is 10.1. The SMILES string of the molecule is N#C/C(=C\c1ccc(Cl)cc1)C(=O)OCC(=O)NCc1ccco1. The minimum atomic E-state index is -0.874. The Morgan fingerprint density at radius 1 is 1.29 bits per heavy atom. The number of carbonyl (C=O) groups is 2. The zero-order valence-electron chi connectivity index (χ0n) is 12.5. The number of nitriles is 1. The van der Waals surface area contributed by atoms with Crippen LogP contribution in [0.5, 0.6) is 0 Å². The fourth-order valence-electron chi connectivity index (χ4n) is 1.72. The Balaban J connectivity index is 1.86. The lowest BCUT2D eigenvalue weighted by Crippen LogP contribution is -2.28. The van der Waals surface area contributed by atoms with Gasteiger partial charge in [-0.15, -0.1) is 0 Å². The summed E-state index contributed by atoms with van der Waals surface area (Å²) in [6.45, 7) is -0.297. The Kier molecular flexibility index (Phi) is 6.17. The maximum absolute atomic E-state index is 11.8. The standard InChI is InChI=1S/C17H13ClN2O4/c18-14-5-3-12(4-6-14)8-13(9-19)17(22)24-11-16(21)20-10-15-2-1-7-23-15/h1-8H,10-11H2,(H,20,21)/b13-8+. The van der Waals surface area contributed by atoms with Gasteiger partial charge >= 0.3 is 5.97 Å². The molecule has 1 aromatic heterocycles. The summed E-state index contributed by atoms with van der Waals surface area (Å²) in [6.07, 6.45) is 2.85. The van der Waals surface area contributed by atoms with Gasteiger partial charge in [0.2, 0.25) is 0 Å². The number of halogens is 1. The molecule has 0 unspecified atom stereocenters. The summed E-state index contributed by atoms with van der Waals surface area (Å²) in [6, 6.07) is 11.7. The lowest BCUT2D eigenvalue weighted by Gasteiger charge is -2.05. The largest absolute Gasteiger partial charge is 0.467 e. The maximum atomic E-state index is 11.8. The molecule has 0 aliphatic heterocycles. The molecule has 24 heavy (non-hydrogen) atoms. The number of nitrogens with zero attached hydrogens (tertiary/aromatic N) is 1. The van der Waals surface area contributed by atoms with Gasteiger partial charge < -0.3 is 14.5 Å². The second-order valence-corrected chi connectivity index (χ2v) is 5.09. The van der Waals surface area contributed by atoms with Crippen LogP contribution in [0.4, 0.5) is 0 Å². The van der Waals surface area contributed by atoms with Crippen molar-refractivity contribution >= 4 is 29.6 Å². The molecule has 7 heteroatoms. The number of esters is 1. The minimum absolute atomic E-state index is 0.190. The summed E-state index contributed by atoms with van der Waals surface area (Å²) >= 11 is 5.77. The fraction of sp³-hybridized carbons (Fsp3) is 0.118. The van der Waals surface area contributed by atoms with E-state index < -0.39 is 18.5 Å². The monoisotopic (exact) mass is 344 g/mol. The molecule has 1 aromatic carbocycles. The van der Waals surface area contributed by atoms with E-state index in [2.05, 4.69) is 5.32 Å². The van der Waals surface area contributed by atoms with Gasteiger partial charge in [-0.3, -0.25) is 4.79 Å². The van der Waals surface area contributed by atoms with Gasteiger partial charge in [-0.05, 0) is 35.9 Å². The van der Waals surface area contributed by atoms with Crippen LogP contribution in [0.3, 0.4) is 0 Å². The number of rotatable bonds is 6. The Morgan fingerprint density at radius 3 is 2.67 bits per heavy atom. The van der Waals surface area contributed by atoms with E-state index >= 15 is 0 Å². The fourth-order valence-corrected chi connectivity index (χ4v) is 1.85. The van der Waals surface area contributed by atoms with Gasteiger partial charge in [0.1, 0.15) is 17.4 Å². The van der Waals surface area contributed by atoms with Crippen molar-refractivity contribution in [1.82, 2.24) is 5.32 Å². The molecule has 0 spiro atoms. The first kappa shape index (κ1) is 17.3. The normalized spacial score (nSPS) is 10.8. The molecule has 0 atom stereocenters. The van der Waals surface area contributed by atoms with Crippen LogP contribution in [0.2, 0.25) is 5.02 Å². The van der Waals surface area contributed by atoms with Crippen molar-refractivity contribution in [3.63, 3.8) is 0 Å². The molecule has 0 saturated carbocycles. The molecular weight excluding hydrogens is 332 g/mol. The summed E-state index contributed by atoms with van der Waals surface area (Å²) in [7, 11) is 0. The molecule has 0 bridgehead atoms. The molecule has 2 rings (SSSR count). The number of hydrogen-bond donors (Lipinski definition) is 1. The number of amides is 1. The Labute approximate surface area is 143 Å². The van der Waals surface area contributed by atoms with Crippen molar-refractivity contribution in [2.45, 2.75) is 6.54 Å². The summed E-state index contributed by atoms with van der Waals surface area (Å²) in [5.41, 5.74) is 0.409. The highest BCUT2D eigenvalue weighted by Gasteiger charge is 2.13. The first-order valence-electron chi connectivity index (χ1n) is 6.92. The third kappa shape index (κ3) is 5.30. The molecule has 122 valence electrons. The van der Waals surface area contributed by atoms with Crippen LogP contribution >= 0.6 is 11.6 Å². The third-order valence-electron chi connectivity index (χ3n) is 2.90. The number of furan rings is 1. The Bertz CT molecular complexity index is 774. The zero-order valence-corrected chi connectivity index (χ0v) is 13.2. The number of nitrogens with one attached hydrogen (secondary N) is 1. The van der Waals surface area contributed by atoms with Crippen molar-refractivity contribution < 1.29 is 18.7 Å². The van der Waals surface area contributed by atoms with E-state index in [1.807, 2.05) is 0 Å². The average molecular weight is 345 g/mol. The zero-order chi connectivity index (χ0) is 17.4. The lowest BCUT2D eigenvalue weighted by molar-refractivity contribution is -0.144. The molecule has 0 fully saturated rings. The summed E-state index contributed by atoms with van der Waals surface area (Å²) in [4.78, 5) is 23.4. The number of ether oxygens (including phenoxy) is 1. The second kappa shape index (κ2) is 8.56. The van der Waals surface area contributed by atoms with Gasteiger partial charge in [-0.1, -0.05) is 23.7 Å². The van der Waals surface area contributed by atoms with E-state index in [0.717, 1.165) is 0 Å². The molecule has 1 heterocycles. The van der Waals surface area contributed by atoms with Gasteiger partial charge in [-0.25, -0.2) is 4.79 Å². The molecular formula is C17H13ClN2O4. The van der Waals surface area contributed by atoms with E-state index in [0.29, 0.717) is 16.3 Å². The van der Waals surface area contributed by atoms with Crippen LogP contribution in [-0.4, -0.2) is 18.5 Å². The van der Waals surface area contributed by atoms with E-state index in [9.17, 15) is 9.59 Å². The number of benzene rings is 1. The molecule has 2 aromatic rings.